The zero-order chi connectivity index (χ0) is 15.6. The smallest absolute Gasteiger partial charge is 0.320 e. The molecule has 0 atom stereocenters. The lowest BCUT2D eigenvalue weighted by Crippen LogP contribution is -2.48. The van der Waals surface area contributed by atoms with Crippen molar-refractivity contribution in [1.82, 2.24) is 14.8 Å². The Balaban J connectivity index is 1.91. The Kier molecular flexibility index (Phi) is 4.51. The molecule has 0 saturated carbocycles. The molecule has 1 aliphatic rings. The second kappa shape index (κ2) is 6.01. The predicted octanol–water partition coefficient (Wildman–Crippen LogP) is 2.19. The van der Waals surface area contributed by atoms with Gasteiger partial charge in [-0.1, -0.05) is 0 Å². The number of nitrogens with zero attached hydrogens (tertiary/aromatic N) is 3. The van der Waals surface area contributed by atoms with Crippen LogP contribution < -0.4 is 0 Å². The van der Waals surface area contributed by atoms with E-state index in [0.717, 1.165) is 10.7 Å². The van der Waals surface area contributed by atoms with E-state index in [1.54, 1.807) is 35.1 Å². The lowest BCUT2D eigenvalue weighted by Gasteiger charge is -2.38. The van der Waals surface area contributed by atoms with Gasteiger partial charge in [0.2, 0.25) is 0 Å². The fourth-order valence-corrected chi connectivity index (χ4v) is 3.04. The maximum Gasteiger partial charge on any atom is 0.320 e. The van der Waals surface area contributed by atoms with Crippen molar-refractivity contribution < 1.29 is 14.7 Å². The first-order valence-corrected chi connectivity index (χ1v) is 7.84. The van der Waals surface area contributed by atoms with Crippen LogP contribution in [0.25, 0.3) is 0 Å². The van der Waals surface area contributed by atoms with E-state index in [1.807, 2.05) is 12.3 Å². The third kappa shape index (κ3) is 3.53. The van der Waals surface area contributed by atoms with Crippen LogP contribution in [0.3, 0.4) is 0 Å². The molecule has 1 aromatic rings. The standard InChI is InChI=1S/C14H21N3O3S/c1-10-15-11(9-21-10)8-16(3)13(20)17-6-4-14(2,5-7-17)12(18)19/h9H,4-8H2,1-3H3,(H,18,19). The van der Waals surface area contributed by atoms with Gasteiger partial charge in [-0.25, -0.2) is 9.78 Å². The minimum Gasteiger partial charge on any atom is -0.481 e. The molecule has 0 bridgehead atoms. The number of hydrogen-bond acceptors (Lipinski definition) is 4. The molecule has 1 fully saturated rings. The molecule has 0 aromatic carbocycles. The van der Waals surface area contributed by atoms with Crippen LogP contribution in [0.1, 0.15) is 30.5 Å². The summed E-state index contributed by atoms with van der Waals surface area (Å²) in [7, 11) is 1.75. The van der Waals surface area contributed by atoms with Crippen LogP contribution >= 0.6 is 11.3 Å². The van der Waals surface area contributed by atoms with Crippen LogP contribution in [0, 0.1) is 12.3 Å². The molecule has 116 valence electrons. The van der Waals surface area contributed by atoms with Crippen LogP contribution in [-0.4, -0.2) is 52.0 Å². The molecule has 2 rings (SSSR count). The first kappa shape index (κ1) is 15.8. The maximum atomic E-state index is 12.4. The summed E-state index contributed by atoms with van der Waals surface area (Å²) in [6.07, 6.45) is 0.995. The summed E-state index contributed by atoms with van der Waals surface area (Å²) in [4.78, 5) is 31.3. The van der Waals surface area contributed by atoms with Crippen molar-refractivity contribution in [2.75, 3.05) is 20.1 Å². The molecule has 1 saturated heterocycles. The van der Waals surface area contributed by atoms with E-state index in [1.165, 1.54) is 0 Å². The zero-order valence-corrected chi connectivity index (χ0v) is 13.4. The summed E-state index contributed by atoms with van der Waals surface area (Å²) < 4.78 is 0. The number of aromatic nitrogens is 1. The van der Waals surface area contributed by atoms with E-state index in [4.69, 9.17) is 0 Å². The van der Waals surface area contributed by atoms with Gasteiger partial charge in [0, 0.05) is 25.5 Å². The highest BCUT2D eigenvalue weighted by molar-refractivity contribution is 7.09. The molecule has 2 heterocycles. The van der Waals surface area contributed by atoms with Gasteiger partial charge in [-0.15, -0.1) is 11.3 Å². The molecule has 1 aromatic heterocycles. The van der Waals surface area contributed by atoms with E-state index < -0.39 is 11.4 Å². The molecule has 0 radical (unpaired) electrons. The third-order valence-corrected chi connectivity index (χ3v) is 4.87. The number of carboxylic acid groups (broad SMARTS) is 1. The summed E-state index contributed by atoms with van der Waals surface area (Å²) in [5.74, 6) is -0.777. The number of aryl methyl sites for hydroxylation is 1. The normalized spacial score (nSPS) is 17.6. The number of carbonyl (C=O) groups is 2. The van der Waals surface area contributed by atoms with Crippen molar-refractivity contribution in [2.24, 2.45) is 5.41 Å². The van der Waals surface area contributed by atoms with Crippen LogP contribution in [0.15, 0.2) is 5.38 Å². The highest BCUT2D eigenvalue weighted by Crippen LogP contribution is 2.31. The average Bonchev–Trinajstić information content (AvgIpc) is 2.84. The lowest BCUT2D eigenvalue weighted by molar-refractivity contribution is -0.150. The number of likely N-dealkylation sites (tertiary alicyclic amines) is 1. The Bertz CT molecular complexity index is 535. The minimum atomic E-state index is -0.777. The summed E-state index contributed by atoms with van der Waals surface area (Å²) in [6, 6.07) is -0.0620. The maximum absolute atomic E-state index is 12.4. The Hall–Kier alpha value is -1.63. The Morgan fingerprint density at radius 3 is 2.57 bits per heavy atom. The Labute approximate surface area is 128 Å². The largest absolute Gasteiger partial charge is 0.481 e. The van der Waals surface area contributed by atoms with E-state index in [2.05, 4.69) is 4.98 Å². The van der Waals surface area contributed by atoms with Gasteiger partial charge in [0.05, 0.1) is 22.7 Å². The molecule has 1 aliphatic heterocycles. The molecular formula is C14H21N3O3S. The van der Waals surface area contributed by atoms with Gasteiger partial charge < -0.3 is 14.9 Å². The van der Waals surface area contributed by atoms with Crippen molar-refractivity contribution in [2.45, 2.75) is 33.2 Å². The average molecular weight is 311 g/mol. The highest BCUT2D eigenvalue weighted by Gasteiger charge is 2.38. The molecule has 1 N–H and O–H groups in total. The minimum absolute atomic E-state index is 0.0620. The van der Waals surface area contributed by atoms with Gasteiger partial charge in [-0.3, -0.25) is 4.79 Å². The van der Waals surface area contributed by atoms with Crippen LogP contribution in [0.2, 0.25) is 0 Å². The number of carbonyl (C=O) groups excluding carboxylic acids is 1. The molecule has 7 heteroatoms. The Morgan fingerprint density at radius 2 is 2.10 bits per heavy atom. The Morgan fingerprint density at radius 1 is 1.48 bits per heavy atom. The number of hydrogen-bond donors (Lipinski definition) is 1. The zero-order valence-electron chi connectivity index (χ0n) is 12.6. The van der Waals surface area contributed by atoms with Gasteiger partial charge in [-0.2, -0.15) is 0 Å². The molecule has 6 nitrogen and oxygen atoms in total. The number of thiazole rings is 1. The summed E-state index contributed by atoms with van der Waals surface area (Å²) in [5.41, 5.74) is 0.183. The van der Waals surface area contributed by atoms with Crippen molar-refractivity contribution in [3.8, 4) is 0 Å². The first-order valence-electron chi connectivity index (χ1n) is 6.96. The molecule has 0 unspecified atom stereocenters. The predicted molar refractivity (Wildman–Crippen MR) is 80.3 cm³/mol. The van der Waals surface area contributed by atoms with Gasteiger partial charge in [0.15, 0.2) is 0 Å². The first-order chi connectivity index (χ1) is 9.82. The third-order valence-electron chi connectivity index (χ3n) is 4.05. The van der Waals surface area contributed by atoms with Crippen molar-refractivity contribution in [1.29, 1.82) is 0 Å². The number of aliphatic carboxylic acids is 1. The molecule has 2 amide bonds. The highest BCUT2D eigenvalue weighted by atomic mass is 32.1. The quantitative estimate of drug-likeness (QED) is 0.928. The second-order valence-electron chi connectivity index (χ2n) is 5.85. The van der Waals surface area contributed by atoms with Crippen molar-refractivity contribution in [3.05, 3.63) is 16.1 Å². The van der Waals surface area contributed by atoms with Gasteiger partial charge in [0.1, 0.15) is 0 Å². The number of urea groups is 1. The van der Waals surface area contributed by atoms with Gasteiger partial charge in [-0.05, 0) is 26.7 Å². The van der Waals surface area contributed by atoms with Crippen molar-refractivity contribution >= 4 is 23.3 Å². The summed E-state index contributed by atoms with van der Waals surface area (Å²) in [6.45, 7) is 5.15. The number of carboxylic acids is 1. The van der Waals surface area contributed by atoms with E-state index in [0.29, 0.717) is 32.5 Å². The fraction of sp³-hybridized carbons (Fsp3) is 0.643. The van der Waals surface area contributed by atoms with E-state index in [-0.39, 0.29) is 6.03 Å². The van der Waals surface area contributed by atoms with Crippen molar-refractivity contribution in [3.63, 3.8) is 0 Å². The monoisotopic (exact) mass is 311 g/mol. The molecule has 0 aliphatic carbocycles. The molecule has 21 heavy (non-hydrogen) atoms. The van der Waals surface area contributed by atoms with Crippen LogP contribution in [0.5, 0.6) is 0 Å². The van der Waals surface area contributed by atoms with Gasteiger partial charge >= 0.3 is 12.0 Å². The number of amides is 2. The lowest BCUT2D eigenvalue weighted by atomic mass is 9.80. The molecule has 0 spiro atoms. The van der Waals surface area contributed by atoms with E-state index >= 15 is 0 Å². The van der Waals surface area contributed by atoms with Crippen LogP contribution in [0.4, 0.5) is 4.79 Å². The molecular weight excluding hydrogens is 290 g/mol. The summed E-state index contributed by atoms with van der Waals surface area (Å²) >= 11 is 1.57. The number of piperidine rings is 1. The van der Waals surface area contributed by atoms with Crippen LogP contribution in [-0.2, 0) is 11.3 Å². The SMILES string of the molecule is Cc1nc(CN(C)C(=O)N2CCC(C)(C(=O)O)CC2)cs1. The van der Waals surface area contributed by atoms with Gasteiger partial charge in [0.25, 0.3) is 0 Å². The van der Waals surface area contributed by atoms with E-state index in [9.17, 15) is 14.7 Å². The summed E-state index contributed by atoms with van der Waals surface area (Å²) in [5, 5.41) is 12.1. The number of rotatable bonds is 3. The topological polar surface area (TPSA) is 73.7 Å². The fourth-order valence-electron chi connectivity index (χ4n) is 2.44. The second-order valence-corrected chi connectivity index (χ2v) is 6.91.